The summed E-state index contributed by atoms with van der Waals surface area (Å²) in [6.45, 7) is 6.74. The zero-order valence-electron chi connectivity index (χ0n) is 20.8. The first-order valence-electron chi connectivity index (χ1n) is 12.5. The Morgan fingerprint density at radius 3 is 2.72 bits per heavy atom. The van der Waals surface area contributed by atoms with Gasteiger partial charge in [0.2, 0.25) is 5.95 Å². The quantitative estimate of drug-likeness (QED) is 0.458. The van der Waals surface area contributed by atoms with E-state index in [9.17, 15) is 4.39 Å². The van der Waals surface area contributed by atoms with Crippen LogP contribution in [0.4, 0.5) is 16.0 Å². The number of methoxy groups -OCH3 is 1. The minimum Gasteiger partial charge on any atom is -0.494 e. The number of nitrogen functional groups attached to an aromatic ring is 1. The third-order valence-electron chi connectivity index (χ3n) is 7.70. The van der Waals surface area contributed by atoms with Crippen LogP contribution in [0, 0.1) is 12.7 Å². The molecule has 5 heterocycles. The Bertz CT molecular complexity index is 1430. The van der Waals surface area contributed by atoms with E-state index in [1.807, 2.05) is 6.20 Å². The van der Waals surface area contributed by atoms with Crippen molar-refractivity contribution in [2.45, 2.75) is 57.5 Å². The van der Waals surface area contributed by atoms with Gasteiger partial charge in [-0.1, -0.05) is 0 Å². The SMILES string of the molecule is COc1cc2nc(N)n3nc([C@H]4CC[C@@H](C)N(c5cnn(C6CCOCC6)c5C)C4)nc3c2cc1F. The van der Waals surface area contributed by atoms with Gasteiger partial charge in [-0.05, 0) is 45.6 Å². The van der Waals surface area contributed by atoms with Crippen LogP contribution in [0.3, 0.4) is 0 Å². The summed E-state index contributed by atoms with van der Waals surface area (Å²) in [6.07, 6.45) is 5.92. The van der Waals surface area contributed by atoms with E-state index in [4.69, 9.17) is 30.4 Å². The maximum atomic E-state index is 14.5. The molecular weight excluding hydrogens is 463 g/mol. The molecule has 2 atom stereocenters. The lowest BCUT2D eigenvalue weighted by Gasteiger charge is -2.38. The molecule has 0 unspecified atom stereocenters. The number of fused-ring (bicyclic) bond motifs is 3. The Labute approximate surface area is 208 Å². The number of piperidine rings is 1. The highest BCUT2D eigenvalue weighted by Crippen LogP contribution is 2.36. The summed E-state index contributed by atoms with van der Waals surface area (Å²) < 4.78 is 28.8. The molecule has 6 rings (SSSR count). The maximum Gasteiger partial charge on any atom is 0.223 e. The summed E-state index contributed by atoms with van der Waals surface area (Å²) in [5.41, 5.74) is 9.57. The maximum absolute atomic E-state index is 14.5. The van der Waals surface area contributed by atoms with E-state index in [1.54, 1.807) is 0 Å². The highest BCUT2D eigenvalue weighted by atomic mass is 19.1. The first-order chi connectivity index (χ1) is 17.4. The molecule has 36 heavy (non-hydrogen) atoms. The minimum atomic E-state index is -0.474. The van der Waals surface area contributed by atoms with Gasteiger partial charge in [0.25, 0.3) is 0 Å². The Balaban J connectivity index is 1.33. The largest absolute Gasteiger partial charge is 0.494 e. The van der Waals surface area contributed by atoms with Crippen molar-refractivity contribution in [2.24, 2.45) is 0 Å². The number of halogens is 1. The molecule has 2 aliphatic rings. The van der Waals surface area contributed by atoms with Crippen molar-refractivity contribution >= 4 is 28.2 Å². The number of nitrogens with two attached hydrogens (primary N) is 1. The third kappa shape index (κ3) is 3.73. The van der Waals surface area contributed by atoms with E-state index in [-0.39, 0.29) is 17.6 Å². The smallest absolute Gasteiger partial charge is 0.223 e. The number of nitrogens with zero attached hydrogens (tertiary/aromatic N) is 7. The van der Waals surface area contributed by atoms with Crippen molar-refractivity contribution in [3.8, 4) is 5.75 Å². The molecule has 2 fully saturated rings. The van der Waals surface area contributed by atoms with Gasteiger partial charge in [0.15, 0.2) is 23.0 Å². The highest BCUT2D eigenvalue weighted by molar-refractivity contribution is 5.93. The van der Waals surface area contributed by atoms with Crippen LogP contribution in [-0.2, 0) is 4.74 Å². The zero-order valence-corrected chi connectivity index (χ0v) is 20.8. The Morgan fingerprint density at radius 1 is 1.14 bits per heavy atom. The molecule has 4 aromatic rings. The second kappa shape index (κ2) is 8.88. The molecule has 0 aliphatic carbocycles. The summed E-state index contributed by atoms with van der Waals surface area (Å²) in [5.74, 6) is 0.646. The average Bonchev–Trinajstić information content (AvgIpc) is 3.50. The van der Waals surface area contributed by atoms with Crippen LogP contribution in [0.1, 0.15) is 56.1 Å². The number of rotatable bonds is 4. The standard InChI is InChI=1S/C25H31FN8O2/c1-14-4-5-16(13-32(14)21-12-28-33(15(21)2)17-6-8-36-9-7-17)23-30-24-18-10-19(26)22(35-3)11-20(18)29-25(27)34(24)31-23/h10-12,14,16-17H,4-9,13H2,1-3H3,(H2,27,29)/t14-,16+/m1/s1. The van der Waals surface area contributed by atoms with Gasteiger partial charge in [-0.2, -0.15) is 9.61 Å². The van der Waals surface area contributed by atoms with Crippen LogP contribution in [0.5, 0.6) is 5.75 Å². The van der Waals surface area contributed by atoms with Crippen LogP contribution < -0.4 is 15.4 Å². The first kappa shape index (κ1) is 23.0. The van der Waals surface area contributed by atoms with Gasteiger partial charge in [0.1, 0.15) is 0 Å². The summed E-state index contributed by atoms with van der Waals surface area (Å²) >= 11 is 0. The summed E-state index contributed by atoms with van der Waals surface area (Å²) in [6, 6.07) is 3.68. The van der Waals surface area contributed by atoms with Crippen molar-refractivity contribution in [3.05, 3.63) is 35.7 Å². The lowest BCUT2D eigenvalue weighted by Crippen LogP contribution is -2.41. The molecular formula is C25H31FN8O2. The molecule has 0 amide bonds. The lowest BCUT2D eigenvalue weighted by molar-refractivity contribution is 0.0657. The van der Waals surface area contributed by atoms with E-state index >= 15 is 0 Å². The van der Waals surface area contributed by atoms with E-state index in [1.165, 1.54) is 29.5 Å². The van der Waals surface area contributed by atoms with Crippen LogP contribution in [0.15, 0.2) is 18.3 Å². The van der Waals surface area contributed by atoms with Crippen molar-refractivity contribution in [1.29, 1.82) is 0 Å². The lowest BCUT2D eigenvalue weighted by atomic mass is 9.92. The molecule has 0 radical (unpaired) electrons. The zero-order chi connectivity index (χ0) is 25.0. The van der Waals surface area contributed by atoms with Crippen molar-refractivity contribution in [2.75, 3.05) is 37.5 Å². The fraction of sp³-hybridized carbons (Fsp3) is 0.520. The van der Waals surface area contributed by atoms with E-state index < -0.39 is 5.82 Å². The number of anilines is 2. The van der Waals surface area contributed by atoms with Gasteiger partial charge >= 0.3 is 0 Å². The molecule has 10 nitrogen and oxygen atoms in total. The summed E-state index contributed by atoms with van der Waals surface area (Å²) in [4.78, 5) is 11.7. The van der Waals surface area contributed by atoms with Gasteiger partial charge < -0.3 is 20.1 Å². The summed E-state index contributed by atoms with van der Waals surface area (Å²) in [7, 11) is 1.42. The molecule has 2 N–H and O–H groups in total. The van der Waals surface area contributed by atoms with Crippen molar-refractivity contribution in [3.63, 3.8) is 0 Å². The topological polar surface area (TPSA) is 109 Å². The van der Waals surface area contributed by atoms with Crippen LogP contribution in [-0.4, -0.2) is 62.3 Å². The second-order valence-corrected chi connectivity index (χ2v) is 9.86. The van der Waals surface area contributed by atoms with E-state index in [0.29, 0.717) is 34.5 Å². The average molecular weight is 495 g/mol. The third-order valence-corrected chi connectivity index (χ3v) is 7.70. The molecule has 3 aromatic heterocycles. The molecule has 0 spiro atoms. The molecule has 2 aliphatic heterocycles. The molecule has 11 heteroatoms. The minimum absolute atomic E-state index is 0.101. The number of hydrogen-bond acceptors (Lipinski definition) is 8. The van der Waals surface area contributed by atoms with E-state index in [0.717, 1.165) is 51.1 Å². The van der Waals surface area contributed by atoms with Gasteiger partial charge in [-0.25, -0.2) is 14.4 Å². The Kier molecular flexibility index (Phi) is 5.66. The Hall–Kier alpha value is -3.47. The first-order valence-corrected chi connectivity index (χ1v) is 12.5. The van der Waals surface area contributed by atoms with Crippen molar-refractivity contribution in [1.82, 2.24) is 29.4 Å². The predicted molar refractivity (Wildman–Crippen MR) is 134 cm³/mol. The Morgan fingerprint density at radius 2 is 1.94 bits per heavy atom. The number of ether oxygens (including phenoxy) is 2. The second-order valence-electron chi connectivity index (χ2n) is 9.86. The van der Waals surface area contributed by atoms with Crippen molar-refractivity contribution < 1.29 is 13.9 Å². The van der Waals surface area contributed by atoms with Crippen LogP contribution in [0.25, 0.3) is 16.6 Å². The predicted octanol–water partition coefficient (Wildman–Crippen LogP) is 3.64. The molecule has 0 saturated carbocycles. The number of benzene rings is 1. The fourth-order valence-electron chi connectivity index (χ4n) is 5.62. The van der Waals surface area contributed by atoms with Gasteiger partial charge in [-0.3, -0.25) is 4.68 Å². The normalized spacial score (nSPS) is 21.5. The van der Waals surface area contributed by atoms with Gasteiger partial charge in [-0.15, -0.1) is 5.10 Å². The molecule has 190 valence electrons. The molecule has 0 bridgehead atoms. The van der Waals surface area contributed by atoms with Gasteiger partial charge in [0, 0.05) is 43.2 Å². The molecule has 1 aromatic carbocycles. The highest BCUT2D eigenvalue weighted by Gasteiger charge is 2.32. The van der Waals surface area contributed by atoms with Crippen LogP contribution >= 0.6 is 0 Å². The monoisotopic (exact) mass is 494 g/mol. The van der Waals surface area contributed by atoms with Gasteiger partial charge in [0.05, 0.1) is 36.2 Å². The van der Waals surface area contributed by atoms with E-state index in [2.05, 4.69) is 28.4 Å². The fourth-order valence-corrected chi connectivity index (χ4v) is 5.62. The molecule has 2 saturated heterocycles. The number of hydrogen-bond donors (Lipinski definition) is 1. The van der Waals surface area contributed by atoms with Crippen LogP contribution in [0.2, 0.25) is 0 Å². The number of aromatic nitrogens is 6. The summed E-state index contributed by atoms with van der Waals surface area (Å²) in [5, 5.41) is 10.0.